The second-order valence-corrected chi connectivity index (χ2v) is 9.70. The maximum absolute atomic E-state index is 13.4. The monoisotopic (exact) mass is 555 g/mol. The van der Waals surface area contributed by atoms with Gasteiger partial charge in [-0.2, -0.15) is 13.2 Å². The Morgan fingerprint density at radius 3 is 2.54 bits per heavy atom. The van der Waals surface area contributed by atoms with Gasteiger partial charge < -0.3 is 31.3 Å². The molecule has 4 aliphatic rings. The molecule has 3 amide bonds. The second-order valence-electron chi connectivity index (χ2n) is 9.70. The van der Waals surface area contributed by atoms with Gasteiger partial charge in [0, 0.05) is 18.4 Å². The molecule has 4 heterocycles. The van der Waals surface area contributed by atoms with Crippen molar-refractivity contribution in [2.24, 2.45) is 16.5 Å². The van der Waals surface area contributed by atoms with Crippen LogP contribution in [0.25, 0.3) is 0 Å². The summed E-state index contributed by atoms with van der Waals surface area (Å²) in [6.45, 7) is -0.525. The number of rotatable bonds is 5. The Kier molecular flexibility index (Phi) is 5.91. The van der Waals surface area contributed by atoms with Crippen LogP contribution in [0, 0.1) is 0 Å². The number of nitrogens with zero attached hydrogens (tertiary/aromatic N) is 3. The molecule has 1 aromatic rings. The molecule has 1 unspecified atom stereocenters. The minimum Gasteiger partial charge on any atom is -0.497 e. The van der Waals surface area contributed by atoms with Crippen molar-refractivity contribution < 1.29 is 47.1 Å². The van der Waals surface area contributed by atoms with Crippen LogP contribution in [0.2, 0.25) is 0 Å². The van der Waals surface area contributed by atoms with Crippen LogP contribution in [0.4, 0.5) is 13.2 Å². The number of benzene rings is 1. The van der Waals surface area contributed by atoms with Gasteiger partial charge in [0.15, 0.2) is 5.96 Å². The number of ether oxygens (including phenoxy) is 1. The van der Waals surface area contributed by atoms with E-state index in [1.165, 1.54) is 4.58 Å². The Hall–Kier alpha value is -4.12. The molecule has 0 aliphatic carbocycles. The number of guanidine groups is 2. The summed E-state index contributed by atoms with van der Waals surface area (Å²) in [5.41, 5.74) is 8.61. The molecule has 0 bridgehead atoms. The van der Waals surface area contributed by atoms with E-state index in [0.29, 0.717) is 6.07 Å². The van der Waals surface area contributed by atoms with Crippen molar-refractivity contribution in [2.75, 3.05) is 20.2 Å². The number of carbonyl (C=O) groups excluding carboxylic acids is 3. The van der Waals surface area contributed by atoms with Gasteiger partial charge in [0.1, 0.15) is 23.9 Å². The van der Waals surface area contributed by atoms with Crippen LogP contribution in [0.5, 0.6) is 5.75 Å². The zero-order valence-corrected chi connectivity index (χ0v) is 20.5. The van der Waals surface area contributed by atoms with Crippen LogP contribution < -0.4 is 32.2 Å². The van der Waals surface area contributed by atoms with E-state index in [-0.39, 0.29) is 43.6 Å². The number of likely N-dealkylation sites (tertiary alicyclic amines) is 1. The van der Waals surface area contributed by atoms with Crippen LogP contribution >= 0.6 is 0 Å². The first-order valence-corrected chi connectivity index (χ1v) is 11.8. The number of hydrogen-bond acceptors (Lipinski definition) is 11. The zero-order chi connectivity index (χ0) is 28.5. The highest BCUT2D eigenvalue weighted by atomic mass is 19.4. The molecular weight excluding hydrogens is 529 g/mol. The predicted octanol–water partition coefficient (Wildman–Crippen LogP) is -3.06. The van der Waals surface area contributed by atoms with Crippen LogP contribution in [-0.2, 0) is 15.8 Å². The number of methoxy groups -OCH3 is 1. The van der Waals surface area contributed by atoms with Crippen LogP contribution in [-0.4, -0.2) is 99.1 Å². The fraction of sp³-hybridized carbons (Fsp3) is 0.500. The van der Waals surface area contributed by atoms with E-state index in [4.69, 9.17) is 16.2 Å². The molecule has 39 heavy (non-hydrogen) atoms. The number of nitrogens with two attached hydrogens (primary N) is 2. The van der Waals surface area contributed by atoms with Crippen molar-refractivity contribution in [3.05, 3.63) is 29.3 Å². The topological polar surface area (TPSA) is 208 Å². The minimum atomic E-state index is -4.77. The molecule has 2 saturated heterocycles. The van der Waals surface area contributed by atoms with E-state index in [2.05, 4.69) is 20.9 Å². The van der Waals surface area contributed by atoms with Crippen molar-refractivity contribution in [2.45, 2.75) is 48.6 Å². The third-order valence-corrected chi connectivity index (χ3v) is 7.44. The van der Waals surface area contributed by atoms with Gasteiger partial charge in [0.05, 0.1) is 25.8 Å². The Morgan fingerprint density at radius 1 is 1.26 bits per heavy atom. The summed E-state index contributed by atoms with van der Waals surface area (Å²) in [5.74, 6) is -5.25. The van der Waals surface area contributed by atoms with Gasteiger partial charge in [-0.05, 0) is 18.2 Å². The van der Waals surface area contributed by atoms with Crippen molar-refractivity contribution >= 4 is 29.6 Å². The molecule has 4 atom stereocenters. The summed E-state index contributed by atoms with van der Waals surface area (Å²) < 4.78 is 46.2. The summed E-state index contributed by atoms with van der Waals surface area (Å²) >= 11 is 0. The van der Waals surface area contributed by atoms with Gasteiger partial charge in [-0.15, -0.1) is 0 Å². The van der Waals surface area contributed by atoms with Crippen molar-refractivity contribution in [1.29, 1.82) is 0 Å². The molecule has 5 rings (SSSR count). The SMILES string of the molecule is COc1cc(C(=O)NC2C[N+]3=C(N)N[C@@H](CN4C(=O)CCC4=O)[C@@H]4N=C(N)N[C@@]43C2(O)O)cc(C(F)(F)F)c1. The Morgan fingerprint density at radius 2 is 1.92 bits per heavy atom. The molecule has 210 valence electrons. The number of alkyl halides is 3. The first-order valence-electron chi connectivity index (χ1n) is 11.8. The Bertz CT molecular complexity index is 1320. The molecule has 9 N–H and O–H groups in total. The predicted molar refractivity (Wildman–Crippen MR) is 125 cm³/mol. The molecule has 14 nitrogen and oxygen atoms in total. The molecule has 0 aromatic heterocycles. The van der Waals surface area contributed by atoms with Gasteiger partial charge >= 0.3 is 12.1 Å². The van der Waals surface area contributed by atoms with Gasteiger partial charge in [0.25, 0.3) is 5.91 Å². The molecule has 1 aromatic carbocycles. The molecule has 0 radical (unpaired) electrons. The van der Waals surface area contributed by atoms with Crippen LogP contribution in [0.3, 0.4) is 0 Å². The van der Waals surface area contributed by atoms with Gasteiger partial charge in [-0.25, -0.2) is 9.57 Å². The number of amides is 3. The number of halogens is 3. The maximum Gasteiger partial charge on any atom is 0.416 e. The first kappa shape index (κ1) is 26.5. The van der Waals surface area contributed by atoms with E-state index in [0.717, 1.165) is 24.1 Å². The summed E-state index contributed by atoms with van der Waals surface area (Å²) in [5, 5.41) is 30.9. The third-order valence-electron chi connectivity index (χ3n) is 7.44. The average molecular weight is 555 g/mol. The fourth-order valence-electron chi connectivity index (χ4n) is 5.58. The number of aliphatic hydroxyl groups is 2. The summed E-state index contributed by atoms with van der Waals surface area (Å²) in [6.07, 6.45) is -4.70. The van der Waals surface area contributed by atoms with Gasteiger partial charge in [0.2, 0.25) is 23.3 Å². The second kappa shape index (κ2) is 8.70. The van der Waals surface area contributed by atoms with E-state index in [9.17, 15) is 37.8 Å². The molecular formula is C22H26F3N8O6+. The highest BCUT2D eigenvalue weighted by Gasteiger charge is 2.75. The quantitative estimate of drug-likeness (QED) is 0.111. The standard InChI is InChI=1S/C22H25F3N8O6/c1-39-11-5-9(4-10(6-11)22(23,24)25)17(36)29-13-8-33-19(27)28-12(7-32-14(34)2-3-15(32)35)16-20(33,21(13,37)38)31-18(26)30-16/h4-6,12-13,16,37-38H,2-3,7-8H2,1H3,(H6,26,27,28,29,30,31,36)/p+1/t12-,13?,16-,20-/m0/s1. The van der Waals surface area contributed by atoms with E-state index in [1.54, 1.807) is 0 Å². The summed E-state index contributed by atoms with van der Waals surface area (Å²) in [6, 6.07) is -1.15. The normalized spacial score (nSPS) is 29.4. The lowest BCUT2D eigenvalue weighted by atomic mass is 9.85. The summed E-state index contributed by atoms with van der Waals surface area (Å²) in [7, 11) is 1.14. The molecule has 17 heteroatoms. The third kappa shape index (κ3) is 3.99. The Labute approximate surface area is 218 Å². The molecule has 4 aliphatic heterocycles. The smallest absolute Gasteiger partial charge is 0.416 e. The fourth-order valence-corrected chi connectivity index (χ4v) is 5.58. The van der Waals surface area contributed by atoms with E-state index >= 15 is 0 Å². The molecule has 2 fully saturated rings. The Balaban J connectivity index is 1.47. The number of carbonyl (C=O) groups is 3. The van der Waals surface area contributed by atoms with Gasteiger partial charge in [-0.3, -0.25) is 30.3 Å². The number of nitrogens with one attached hydrogen (secondary N) is 3. The van der Waals surface area contributed by atoms with E-state index < -0.39 is 64.6 Å². The molecule has 0 saturated carbocycles. The largest absolute Gasteiger partial charge is 0.497 e. The van der Waals surface area contributed by atoms with Crippen molar-refractivity contribution in [3.8, 4) is 5.75 Å². The van der Waals surface area contributed by atoms with Gasteiger partial charge in [-0.1, -0.05) is 0 Å². The maximum atomic E-state index is 13.4. The van der Waals surface area contributed by atoms with E-state index in [1.807, 2.05) is 0 Å². The molecule has 1 spiro atoms. The highest BCUT2D eigenvalue weighted by Crippen LogP contribution is 2.42. The number of hydrogen-bond donors (Lipinski definition) is 7. The lowest BCUT2D eigenvalue weighted by Gasteiger charge is -2.44. The van der Waals surface area contributed by atoms with Crippen LogP contribution in [0.1, 0.15) is 28.8 Å². The zero-order valence-electron chi connectivity index (χ0n) is 20.5. The number of aliphatic imine (C=N–C) groups is 1. The van der Waals surface area contributed by atoms with Crippen molar-refractivity contribution in [1.82, 2.24) is 20.9 Å². The first-order chi connectivity index (χ1) is 18.2. The van der Waals surface area contributed by atoms with Crippen LogP contribution in [0.15, 0.2) is 23.2 Å². The van der Waals surface area contributed by atoms with Crippen molar-refractivity contribution in [3.63, 3.8) is 0 Å². The highest BCUT2D eigenvalue weighted by molar-refractivity contribution is 6.02. The summed E-state index contributed by atoms with van der Waals surface area (Å²) in [4.78, 5) is 42.8. The minimum absolute atomic E-state index is 0.0364. The lowest BCUT2D eigenvalue weighted by Crippen LogP contribution is -2.79. The lowest BCUT2D eigenvalue weighted by molar-refractivity contribution is -0.623. The number of imide groups is 1. The average Bonchev–Trinajstić information content (AvgIpc) is 3.46.